The van der Waals surface area contributed by atoms with Crippen LogP contribution in [0.15, 0.2) is 24.3 Å². The molecule has 0 fully saturated rings. The summed E-state index contributed by atoms with van der Waals surface area (Å²) < 4.78 is 1.18. The number of hydrogen-bond donors (Lipinski definition) is 1. The van der Waals surface area contributed by atoms with Crippen LogP contribution in [-0.4, -0.2) is 6.41 Å². The van der Waals surface area contributed by atoms with E-state index < -0.39 is 0 Å². The minimum Gasteiger partial charge on any atom is -0.355 e. The quantitative estimate of drug-likeness (QED) is 0.649. The predicted octanol–water partition coefficient (Wildman–Crippen LogP) is 1.54. The van der Waals surface area contributed by atoms with Gasteiger partial charge in [-0.15, -0.1) is 0 Å². The van der Waals surface area contributed by atoms with E-state index in [2.05, 4.69) is 27.9 Å². The van der Waals surface area contributed by atoms with Crippen LogP contribution in [0.4, 0.5) is 0 Å². The molecule has 0 aliphatic rings. The van der Waals surface area contributed by atoms with Crippen molar-refractivity contribution in [3.8, 4) is 0 Å². The van der Waals surface area contributed by atoms with Gasteiger partial charge >= 0.3 is 0 Å². The van der Waals surface area contributed by atoms with Crippen molar-refractivity contribution in [3.05, 3.63) is 33.4 Å². The summed E-state index contributed by atoms with van der Waals surface area (Å²) in [6.07, 6.45) is 0.711. The number of hydrogen-bond acceptors (Lipinski definition) is 1. The van der Waals surface area contributed by atoms with Crippen molar-refractivity contribution in [2.45, 2.75) is 6.54 Å². The molecule has 0 heterocycles. The molecule has 2 nitrogen and oxygen atoms in total. The van der Waals surface area contributed by atoms with E-state index in [1.54, 1.807) is 0 Å². The van der Waals surface area contributed by atoms with Crippen LogP contribution in [0.1, 0.15) is 5.56 Å². The maximum atomic E-state index is 9.98. The lowest BCUT2D eigenvalue weighted by atomic mass is 10.2. The van der Waals surface area contributed by atoms with E-state index in [0.717, 1.165) is 5.56 Å². The summed E-state index contributed by atoms with van der Waals surface area (Å²) in [5, 5.41) is 2.62. The highest BCUT2D eigenvalue weighted by Gasteiger charge is 1.94. The largest absolute Gasteiger partial charge is 0.355 e. The van der Waals surface area contributed by atoms with Crippen LogP contribution in [0.5, 0.6) is 0 Å². The molecule has 1 aromatic rings. The average molecular weight is 261 g/mol. The molecule has 1 aromatic carbocycles. The molecule has 0 saturated heterocycles. The fourth-order valence-corrected chi connectivity index (χ4v) is 1.37. The second-order valence-corrected chi connectivity index (χ2v) is 3.25. The molecule has 0 radical (unpaired) electrons. The van der Waals surface area contributed by atoms with Crippen LogP contribution in [0.25, 0.3) is 0 Å². The first-order valence-corrected chi connectivity index (χ1v) is 4.33. The van der Waals surface area contributed by atoms with Gasteiger partial charge in [0.2, 0.25) is 6.41 Å². The smallest absolute Gasteiger partial charge is 0.207 e. The topological polar surface area (TPSA) is 29.1 Å². The predicted molar refractivity (Wildman–Crippen MR) is 52.1 cm³/mol. The molecule has 0 aliphatic heterocycles. The van der Waals surface area contributed by atoms with Gasteiger partial charge in [-0.1, -0.05) is 18.2 Å². The molecule has 0 aromatic heterocycles. The molecule has 0 spiro atoms. The summed E-state index contributed by atoms with van der Waals surface area (Å²) in [5.74, 6) is 0. The van der Waals surface area contributed by atoms with E-state index in [0.29, 0.717) is 13.0 Å². The number of rotatable bonds is 3. The Morgan fingerprint density at radius 2 is 2.18 bits per heavy atom. The zero-order valence-electron chi connectivity index (χ0n) is 5.88. The minimum atomic E-state index is 0.614. The van der Waals surface area contributed by atoms with E-state index in [4.69, 9.17) is 0 Å². The molecule has 58 valence electrons. The number of carbonyl (C=O) groups is 1. The molecule has 0 bridgehead atoms. The second-order valence-electron chi connectivity index (χ2n) is 2.09. The maximum Gasteiger partial charge on any atom is 0.207 e. The lowest BCUT2D eigenvalue weighted by molar-refractivity contribution is -0.109. The van der Waals surface area contributed by atoms with Crippen molar-refractivity contribution >= 4 is 29.0 Å². The van der Waals surface area contributed by atoms with Gasteiger partial charge in [0.25, 0.3) is 0 Å². The van der Waals surface area contributed by atoms with Crippen molar-refractivity contribution < 1.29 is 4.79 Å². The Morgan fingerprint density at radius 1 is 1.45 bits per heavy atom. The van der Waals surface area contributed by atoms with Crippen molar-refractivity contribution in [2.75, 3.05) is 0 Å². The average Bonchev–Trinajstić information content (AvgIpc) is 2.03. The minimum absolute atomic E-state index is 0.614. The third kappa shape index (κ3) is 2.49. The first kappa shape index (κ1) is 8.52. The van der Waals surface area contributed by atoms with Crippen LogP contribution < -0.4 is 5.32 Å². The van der Waals surface area contributed by atoms with Gasteiger partial charge in [0.05, 0.1) is 0 Å². The van der Waals surface area contributed by atoms with E-state index in [1.807, 2.05) is 24.3 Å². The molecular formula is C8H8INO. The zero-order valence-corrected chi connectivity index (χ0v) is 8.04. The van der Waals surface area contributed by atoms with Gasteiger partial charge < -0.3 is 5.32 Å². The van der Waals surface area contributed by atoms with E-state index in [9.17, 15) is 4.79 Å². The normalized spacial score (nSPS) is 9.18. The fraction of sp³-hybridized carbons (Fsp3) is 0.125. The van der Waals surface area contributed by atoms with Crippen LogP contribution in [0.3, 0.4) is 0 Å². The third-order valence-corrected chi connectivity index (χ3v) is 2.39. The highest BCUT2D eigenvalue weighted by molar-refractivity contribution is 14.1. The van der Waals surface area contributed by atoms with Crippen molar-refractivity contribution in [3.63, 3.8) is 0 Å². The van der Waals surface area contributed by atoms with Crippen LogP contribution in [-0.2, 0) is 11.3 Å². The molecule has 0 unspecified atom stereocenters. The van der Waals surface area contributed by atoms with E-state index in [1.165, 1.54) is 3.57 Å². The highest BCUT2D eigenvalue weighted by Crippen LogP contribution is 2.10. The summed E-state index contributed by atoms with van der Waals surface area (Å²) in [7, 11) is 0. The molecule has 0 atom stereocenters. The van der Waals surface area contributed by atoms with Gasteiger partial charge in [0.15, 0.2) is 0 Å². The van der Waals surface area contributed by atoms with Crippen molar-refractivity contribution in [2.24, 2.45) is 0 Å². The molecule has 1 N–H and O–H groups in total. The lowest BCUT2D eigenvalue weighted by Gasteiger charge is -2.01. The standard InChI is InChI=1S/C8H8INO/c9-8-4-2-1-3-7(8)5-10-6-11/h1-4,6H,5H2,(H,10,11). The van der Waals surface area contributed by atoms with E-state index >= 15 is 0 Å². The zero-order chi connectivity index (χ0) is 8.10. The van der Waals surface area contributed by atoms with Gasteiger partial charge in [-0.25, -0.2) is 0 Å². The number of carbonyl (C=O) groups excluding carboxylic acids is 1. The molecule has 1 amide bonds. The Morgan fingerprint density at radius 3 is 2.82 bits per heavy atom. The first-order valence-electron chi connectivity index (χ1n) is 3.25. The molecule has 3 heteroatoms. The summed E-state index contributed by atoms with van der Waals surface area (Å²) in [6, 6.07) is 7.96. The van der Waals surface area contributed by atoms with Crippen LogP contribution in [0, 0.1) is 3.57 Å². The summed E-state index contributed by atoms with van der Waals surface area (Å²) in [4.78, 5) is 9.98. The molecular weight excluding hydrogens is 253 g/mol. The molecule has 0 aliphatic carbocycles. The van der Waals surface area contributed by atoms with Gasteiger partial charge in [0.1, 0.15) is 0 Å². The second kappa shape index (κ2) is 4.33. The molecule has 11 heavy (non-hydrogen) atoms. The third-order valence-electron chi connectivity index (χ3n) is 1.33. The Kier molecular flexibility index (Phi) is 3.35. The summed E-state index contributed by atoms with van der Waals surface area (Å²) in [5.41, 5.74) is 1.15. The highest BCUT2D eigenvalue weighted by atomic mass is 127. The fourth-order valence-electron chi connectivity index (χ4n) is 0.793. The SMILES string of the molecule is O=CNCc1ccccc1I. The number of benzene rings is 1. The Labute approximate surface area is 79.1 Å². The lowest BCUT2D eigenvalue weighted by Crippen LogP contribution is -2.10. The van der Waals surface area contributed by atoms with Crippen LogP contribution >= 0.6 is 22.6 Å². The molecule has 1 rings (SSSR count). The Balaban J connectivity index is 2.69. The maximum absolute atomic E-state index is 9.98. The van der Waals surface area contributed by atoms with E-state index in [-0.39, 0.29) is 0 Å². The first-order chi connectivity index (χ1) is 5.34. The summed E-state index contributed by atoms with van der Waals surface area (Å²) in [6.45, 7) is 0.614. The molecule has 0 saturated carbocycles. The van der Waals surface area contributed by atoms with Gasteiger partial charge in [-0.3, -0.25) is 4.79 Å². The number of amides is 1. The van der Waals surface area contributed by atoms with Gasteiger partial charge in [-0.05, 0) is 34.2 Å². The number of nitrogens with one attached hydrogen (secondary N) is 1. The van der Waals surface area contributed by atoms with Crippen molar-refractivity contribution in [1.29, 1.82) is 0 Å². The monoisotopic (exact) mass is 261 g/mol. The Hall–Kier alpha value is -0.580. The summed E-state index contributed by atoms with van der Waals surface area (Å²) >= 11 is 2.24. The van der Waals surface area contributed by atoms with Crippen LogP contribution in [0.2, 0.25) is 0 Å². The van der Waals surface area contributed by atoms with Gasteiger partial charge in [-0.2, -0.15) is 0 Å². The van der Waals surface area contributed by atoms with Crippen molar-refractivity contribution in [1.82, 2.24) is 5.32 Å². The Bertz CT molecular complexity index is 250. The number of halogens is 1. The van der Waals surface area contributed by atoms with Gasteiger partial charge in [0, 0.05) is 10.1 Å².